The quantitative estimate of drug-likeness (QED) is 0.817. The molecule has 2 amide bonds. The molecule has 2 fully saturated rings. The predicted octanol–water partition coefficient (Wildman–Crippen LogP) is 2.55. The molecular formula is C21H26N4O2. The first-order valence-corrected chi connectivity index (χ1v) is 9.89. The Balaban J connectivity index is 1.39. The molecule has 142 valence electrons. The maximum atomic E-state index is 12.8. The number of likely N-dealkylation sites (tertiary alicyclic amines) is 2. The largest absolute Gasteiger partial charge is 0.341 e. The number of hydrogen-bond donors (Lipinski definition) is 0. The van der Waals surface area contributed by atoms with E-state index in [9.17, 15) is 9.59 Å². The van der Waals surface area contributed by atoms with Gasteiger partial charge in [0.25, 0.3) is 0 Å². The fourth-order valence-electron chi connectivity index (χ4n) is 4.17. The SMILES string of the molecule is O=C([C@@H]1CCCN1C(=O)CCn1ccnc1-c1ccccc1)N1CCCC1. The molecule has 0 bridgehead atoms. The first-order chi connectivity index (χ1) is 13.2. The van der Waals surface area contributed by atoms with Gasteiger partial charge in [0.05, 0.1) is 0 Å². The van der Waals surface area contributed by atoms with Crippen molar-refractivity contribution in [2.24, 2.45) is 0 Å². The highest BCUT2D eigenvalue weighted by Crippen LogP contribution is 2.23. The van der Waals surface area contributed by atoms with Crippen LogP contribution >= 0.6 is 0 Å². The highest BCUT2D eigenvalue weighted by atomic mass is 16.2. The summed E-state index contributed by atoms with van der Waals surface area (Å²) >= 11 is 0. The molecule has 0 unspecified atom stereocenters. The molecule has 4 rings (SSSR count). The van der Waals surface area contributed by atoms with Gasteiger partial charge in [0.2, 0.25) is 11.8 Å². The minimum atomic E-state index is -0.257. The van der Waals surface area contributed by atoms with Crippen LogP contribution in [0.25, 0.3) is 11.4 Å². The van der Waals surface area contributed by atoms with Gasteiger partial charge in [-0.2, -0.15) is 0 Å². The van der Waals surface area contributed by atoms with Crippen molar-refractivity contribution in [3.63, 3.8) is 0 Å². The van der Waals surface area contributed by atoms with E-state index in [-0.39, 0.29) is 17.9 Å². The molecule has 0 aliphatic carbocycles. The summed E-state index contributed by atoms with van der Waals surface area (Å²) in [5.74, 6) is 1.08. The van der Waals surface area contributed by atoms with Crippen LogP contribution in [0.1, 0.15) is 32.1 Å². The second-order valence-electron chi connectivity index (χ2n) is 7.34. The molecule has 2 aliphatic rings. The van der Waals surface area contributed by atoms with Gasteiger partial charge in [-0.1, -0.05) is 30.3 Å². The molecule has 3 heterocycles. The van der Waals surface area contributed by atoms with Gasteiger partial charge in [0, 0.05) is 50.6 Å². The molecule has 2 saturated heterocycles. The Morgan fingerprint density at radius 2 is 1.81 bits per heavy atom. The Kier molecular flexibility index (Phi) is 5.23. The maximum absolute atomic E-state index is 12.8. The van der Waals surface area contributed by atoms with Crippen LogP contribution in [-0.4, -0.2) is 56.8 Å². The van der Waals surface area contributed by atoms with Gasteiger partial charge in [0.1, 0.15) is 11.9 Å². The Morgan fingerprint density at radius 3 is 2.59 bits per heavy atom. The monoisotopic (exact) mass is 366 g/mol. The zero-order valence-corrected chi connectivity index (χ0v) is 15.6. The Morgan fingerprint density at radius 1 is 1.04 bits per heavy atom. The van der Waals surface area contributed by atoms with E-state index in [1.165, 1.54) is 0 Å². The molecule has 6 heteroatoms. The van der Waals surface area contributed by atoms with Crippen molar-refractivity contribution >= 4 is 11.8 Å². The van der Waals surface area contributed by atoms with E-state index < -0.39 is 0 Å². The molecule has 2 aromatic rings. The summed E-state index contributed by atoms with van der Waals surface area (Å²) in [6.07, 6.45) is 7.93. The summed E-state index contributed by atoms with van der Waals surface area (Å²) in [6, 6.07) is 9.73. The normalized spacial score (nSPS) is 19.6. The fourth-order valence-corrected chi connectivity index (χ4v) is 4.17. The average molecular weight is 366 g/mol. The second-order valence-corrected chi connectivity index (χ2v) is 7.34. The lowest BCUT2D eigenvalue weighted by Gasteiger charge is -2.28. The molecule has 1 aromatic carbocycles. The first-order valence-electron chi connectivity index (χ1n) is 9.89. The fraction of sp³-hybridized carbons (Fsp3) is 0.476. The van der Waals surface area contributed by atoms with E-state index in [2.05, 4.69) is 4.98 Å². The van der Waals surface area contributed by atoms with E-state index in [0.717, 1.165) is 50.2 Å². The number of rotatable bonds is 5. The smallest absolute Gasteiger partial charge is 0.245 e. The summed E-state index contributed by atoms with van der Waals surface area (Å²) < 4.78 is 2.01. The number of aryl methyl sites for hydroxylation is 1. The molecule has 27 heavy (non-hydrogen) atoms. The van der Waals surface area contributed by atoms with Gasteiger partial charge in [-0.05, 0) is 25.7 Å². The number of carbonyl (C=O) groups excluding carboxylic acids is 2. The van der Waals surface area contributed by atoms with Gasteiger partial charge in [0.15, 0.2) is 0 Å². The molecule has 6 nitrogen and oxygen atoms in total. The van der Waals surface area contributed by atoms with Crippen LogP contribution in [0.2, 0.25) is 0 Å². The number of benzene rings is 1. The zero-order chi connectivity index (χ0) is 18.6. The van der Waals surface area contributed by atoms with Crippen LogP contribution in [0.3, 0.4) is 0 Å². The predicted molar refractivity (Wildman–Crippen MR) is 103 cm³/mol. The van der Waals surface area contributed by atoms with E-state index >= 15 is 0 Å². The molecule has 0 radical (unpaired) electrons. The van der Waals surface area contributed by atoms with Crippen LogP contribution in [-0.2, 0) is 16.1 Å². The summed E-state index contributed by atoms with van der Waals surface area (Å²) in [5.41, 5.74) is 1.04. The van der Waals surface area contributed by atoms with E-state index in [4.69, 9.17) is 0 Å². The summed E-state index contributed by atoms with van der Waals surface area (Å²) in [7, 11) is 0. The van der Waals surface area contributed by atoms with Gasteiger partial charge < -0.3 is 14.4 Å². The topological polar surface area (TPSA) is 58.4 Å². The van der Waals surface area contributed by atoms with Crippen molar-refractivity contribution < 1.29 is 9.59 Å². The number of carbonyl (C=O) groups is 2. The third-order valence-corrected chi connectivity index (χ3v) is 5.59. The Labute approximate surface area is 159 Å². The van der Waals surface area contributed by atoms with Crippen LogP contribution in [0.4, 0.5) is 0 Å². The third kappa shape index (κ3) is 3.75. The standard InChI is InChI=1S/C21H26N4O2/c26-19(25-14-6-9-18(25)21(27)24-12-4-5-13-24)10-15-23-16-11-22-20(23)17-7-2-1-3-8-17/h1-3,7-8,11,16,18H,4-6,9-10,12-15H2/t18-/m0/s1. The van der Waals surface area contributed by atoms with Crippen molar-refractivity contribution in [3.05, 3.63) is 42.7 Å². The number of hydrogen-bond acceptors (Lipinski definition) is 3. The first kappa shape index (κ1) is 17.8. The van der Waals surface area contributed by atoms with Crippen LogP contribution < -0.4 is 0 Å². The minimum absolute atomic E-state index is 0.0674. The summed E-state index contributed by atoms with van der Waals surface area (Å²) in [4.78, 5) is 33.8. The summed E-state index contributed by atoms with van der Waals surface area (Å²) in [6.45, 7) is 2.95. The maximum Gasteiger partial charge on any atom is 0.245 e. The van der Waals surface area contributed by atoms with Gasteiger partial charge >= 0.3 is 0 Å². The molecule has 0 saturated carbocycles. The highest BCUT2D eigenvalue weighted by molar-refractivity contribution is 5.88. The molecule has 0 N–H and O–H groups in total. The lowest BCUT2D eigenvalue weighted by Crippen LogP contribution is -2.47. The van der Waals surface area contributed by atoms with Crippen molar-refractivity contribution in [1.82, 2.24) is 19.4 Å². The van der Waals surface area contributed by atoms with Gasteiger partial charge in [-0.3, -0.25) is 9.59 Å². The molecule has 0 spiro atoms. The molecule has 2 aliphatic heterocycles. The number of nitrogens with zero attached hydrogens (tertiary/aromatic N) is 4. The zero-order valence-electron chi connectivity index (χ0n) is 15.6. The minimum Gasteiger partial charge on any atom is -0.341 e. The van der Waals surface area contributed by atoms with Crippen molar-refractivity contribution in [1.29, 1.82) is 0 Å². The lowest BCUT2D eigenvalue weighted by atomic mass is 10.2. The lowest BCUT2D eigenvalue weighted by molar-refractivity contribution is -0.143. The van der Waals surface area contributed by atoms with Gasteiger partial charge in [-0.25, -0.2) is 4.98 Å². The molecule has 1 aromatic heterocycles. The number of imidazole rings is 1. The van der Waals surface area contributed by atoms with E-state index in [0.29, 0.717) is 19.5 Å². The Bertz CT molecular complexity index is 796. The molecular weight excluding hydrogens is 340 g/mol. The van der Waals surface area contributed by atoms with Crippen LogP contribution in [0.15, 0.2) is 42.7 Å². The van der Waals surface area contributed by atoms with Crippen molar-refractivity contribution in [3.8, 4) is 11.4 Å². The highest BCUT2D eigenvalue weighted by Gasteiger charge is 2.36. The van der Waals surface area contributed by atoms with Gasteiger partial charge in [-0.15, -0.1) is 0 Å². The Hall–Kier alpha value is -2.63. The number of aromatic nitrogens is 2. The van der Waals surface area contributed by atoms with Crippen LogP contribution in [0, 0.1) is 0 Å². The second kappa shape index (κ2) is 7.94. The van der Waals surface area contributed by atoms with Crippen LogP contribution in [0.5, 0.6) is 0 Å². The molecule has 1 atom stereocenters. The summed E-state index contributed by atoms with van der Waals surface area (Å²) in [5, 5.41) is 0. The third-order valence-electron chi connectivity index (χ3n) is 5.59. The van der Waals surface area contributed by atoms with Crippen molar-refractivity contribution in [2.75, 3.05) is 19.6 Å². The number of amides is 2. The van der Waals surface area contributed by atoms with E-state index in [1.807, 2.05) is 46.0 Å². The average Bonchev–Trinajstić information content (AvgIpc) is 3.47. The van der Waals surface area contributed by atoms with Crippen molar-refractivity contribution in [2.45, 2.75) is 44.7 Å². The van der Waals surface area contributed by atoms with E-state index in [1.54, 1.807) is 11.1 Å².